The topological polar surface area (TPSA) is 92.3 Å². The molecule has 0 aromatic heterocycles. The SMILES string of the molecule is O=C(CCC(=O)c1ccc(F)cc1)Nc1ccc(S(=O)(=O)NC2CCCCC2)cc1. The molecule has 2 aromatic rings. The standard InChI is InChI=1S/C22H25FN2O4S/c23-17-8-6-16(7-9-17)21(26)14-15-22(27)24-18-10-12-20(13-11-18)30(28,29)25-19-4-2-1-3-5-19/h6-13,19,25H,1-5,14-15H2,(H,24,27). The molecule has 160 valence electrons. The van der Waals surface area contributed by atoms with Crippen LogP contribution >= 0.6 is 0 Å². The summed E-state index contributed by atoms with van der Waals surface area (Å²) >= 11 is 0. The van der Waals surface area contributed by atoms with Gasteiger partial charge in [-0.1, -0.05) is 19.3 Å². The number of benzene rings is 2. The molecule has 1 aliphatic carbocycles. The maximum absolute atomic E-state index is 12.9. The number of hydrogen-bond donors (Lipinski definition) is 2. The number of carbonyl (C=O) groups excluding carboxylic acids is 2. The summed E-state index contributed by atoms with van der Waals surface area (Å²) in [5.41, 5.74) is 0.801. The van der Waals surface area contributed by atoms with Crippen LogP contribution in [0.1, 0.15) is 55.3 Å². The summed E-state index contributed by atoms with van der Waals surface area (Å²) in [7, 11) is -3.59. The van der Waals surface area contributed by atoms with Crippen LogP contribution in [-0.4, -0.2) is 26.2 Å². The molecule has 0 heterocycles. The lowest BCUT2D eigenvalue weighted by Crippen LogP contribution is -2.36. The Kier molecular flexibility index (Phi) is 7.33. The van der Waals surface area contributed by atoms with Crippen LogP contribution < -0.4 is 10.0 Å². The first-order valence-electron chi connectivity index (χ1n) is 10.0. The molecule has 1 fully saturated rings. The van der Waals surface area contributed by atoms with Crippen molar-refractivity contribution >= 4 is 27.4 Å². The Balaban J connectivity index is 1.51. The third-order valence-electron chi connectivity index (χ3n) is 5.12. The van der Waals surface area contributed by atoms with Crippen LogP contribution in [0.2, 0.25) is 0 Å². The summed E-state index contributed by atoms with van der Waals surface area (Å²) in [5, 5.41) is 2.65. The molecule has 30 heavy (non-hydrogen) atoms. The highest BCUT2D eigenvalue weighted by atomic mass is 32.2. The average molecular weight is 433 g/mol. The minimum Gasteiger partial charge on any atom is -0.326 e. The second-order valence-electron chi connectivity index (χ2n) is 7.46. The van der Waals surface area contributed by atoms with Crippen molar-refractivity contribution in [2.45, 2.75) is 55.9 Å². The summed E-state index contributed by atoms with van der Waals surface area (Å²) in [6.45, 7) is 0. The number of anilines is 1. The fourth-order valence-corrected chi connectivity index (χ4v) is 4.76. The Bertz CT molecular complexity index is 983. The van der Waals surface area contributed by atoms with E-state index in [2.05, 4.69) is 10.0 Å². The van der Waals surface area contributed by atoms with Gasteiger partial charge in [-0.3, -0.25) is 9.59 Å². The molecule has 1 amide bonds. The molecular weight excluding hydrogens is 407 g/mol. The van der Waals surface area contributed by atoms with Crippen LogP contribution in [-0.2, 0) is 14.8 Å². The fraction of sp³-hybridized carbons (Fsp3) is 0.364. The Hall–Kier alpha value is -2.58. The second kappa shape index (κ2) is 9.95. The average Bonchev–Trinajstić information content (AvgIpc) is 2.73. The van der Waals surface area contributed by atoms with Gasteiger partial charge in [0.25, 0.3) is 0 Å². The molecule has 0 spiro atoms. The molecule has 6 nitrogen and oxygen atoms in total. The lowest BCUT2D eigenvalue weighted by Gasteiger charge is -2.22. The smallest absolute Gasteiger partial charge is 0.240 e. The lowest BCUT2D eigenvalue weighted by atomic mass is 9.96. The van der Waals surface area contributed by atoms with E-state index in [1.165, 1.54) is 48.5 Å². The molecule has 0 aliphatic heterocycles. The molecule has 0 bridgehead atoms. The van der Waals surface area contributed by atoms with Crippen LogP contribution in [0.4, 0.5) is 10.1 Å². The summed E-state index contributed by atoms with van der Waals surface area (Å²) < 4.78 is 40.7. The summed E-state index contributed by atoms with van der Waals surface area (Å²) in [6, 6.07) is 11.1. The number of amides is 1. The van der Waals surface area contributed by atoms with Crippen molar-refractivity contribution in [3.63, 3.8) is 0 Å². The summed E-state index contributed by atoms with van der Waals surface area (Å²) in [5.74, 6) is -1.04. The molecule has 0 atom stereocenters. The van der Waals surface area contributed by atoms with Gasteiger partial charge in [0.05, 0.1) is 4.90 Å². The molecule has 0 unspecified atom stereocenters. The summed E-state index contributed by atoms with van der Waals surface area (Å²) in [4.78, 5) is 24.3. The van der Waals surface area contributed by atoms with Crippen molar-refractivity contribution in [3.05, 3.63) is 59.9 Å². The number of halogens is 1. The van der Waals surface area contributed by atoms with E-state index in [1.807, 2.05) is 0 Å². The van der Waals surface area contributed by atoms with Gasteiger partial charge in [-0.15, -0.1) is 0 Å². The number of Topliss-reactive ketones (excluding diaryl/α,β-unsaturated/α-hetero) is 1. The Morgan fingerprint density at radius 3 is 2.17 bits per heavy atom. The largest absolute Gasteiger partial charge is 0.326 e. The minimum atomic E-state index is -3.59. The van der Waals surface area contributed by atoms with Gasteiger partial charge in [-0.25, -0.2) is 17.5 Å². The molecule has 8 heteroatoms. The number of sulfonamides is 1. The van der Waals surface area contributed by atoms with E-state index in [-0.39, 0.29) is 35.5 Å². The van der Waals surface area contributed by atoms with Gasteiger partial charge in [-0.2, -0.15) is 0 Å². The normalized spacial score (nSPS) is 15.0. The van der Waals surface area contributed by atoms with Crippen LogP contribution in [0.5, 0.6) is 0 Å². The lowest BCUT2D eigenvalue weighted by molar-refractivity contribution is -0.116. The zero-order valence-corrected chi connectivity index (χ0v) is 17.4. The molecule has 1 aliphatic rings. The van der Waals surface area contributed by atoms with Crippen molar-refractivity contribution in [2.75, 3.05) is 5.32 Å². The molecule has 0 radical (unpaired) electrons. The molecule has 1 saturated carbocycles. The van der Waals surface area contributed by atoms with Crippen molar-refractivity contribution in [3.8, 4) is 0 Å². The Labute approximate surface area is 175 Å². The highest BCUT2D eigenvalue weighted by Crippen LogP contribution is 2.21. The van der Waals surface area contributed by atoms with Crippen molar-refractivity contribution < 1.29 is 22.4 Å². The molecule has 2 N–H and O–H groups in total. The summed E-state index contributed by atoms with van der Waals surface area (Å²) in [6.07, 6.45) is 4.87. The maximum atomic E-state index is 12.9. The van der Waals surface area contributed by atoms with E-state index in [9.17, 15) is 22.4 Å². The van der Waals surface area contributed by atoms with Crippen molar-refractivity contribution in [2.24, 2.45) is 0 Å². The fourth-order valence-electron chi connectivity index (χ4n) is 3.46. The number of nitrogens with one attached hydrogen (secondary N) is 2. The zero-order chi connectivity index (χ0) is 21.6. The van der Waals surface area contributed by atoms with Gasteiger partial charge in [0.15, 0.2) is 5.78 Å². The third-order valence-corrected chi connectivity index (χ3v) is 6.66. The molecule has 2 aromatic carbocycles. The van der Waals surface area contributed by atoms with Gasteiger partial charge in [0, 0.05) is 30.1 Å². The van der Waals surface area contributed by atoms with Crippen LogP contribution in [0.25, 0.3) is 0 Å². The Morgan fingerprint density at radius 1 is 0.900 bits per heavy atom. The van der Waals surface area contributed by atoms with Gasteiger partial charge in [0.2, 0.25) is 15.9 Å². The van der Waals surface area contributed by atoms with E-state index in [0.29, 0.717) is 11.3 Å². The number of ketones is 1. The number of rotatable bonds is 8. The van der Waals surface area contributed by atoms with Gasteiger partial charge >= 0.3 is 0 Å². The third kappa shape index (κ3) is 6.21. The first kappa shape index (κ1) is 22.1. The predicted octanol–water partition coefficient (Wildman–Crippen LogP) is 4.04. The van der Waals surface area contributed by atoms with Crippen molar-refractivity contribution in [1.29, 1.82) is 0 Å². The molecule has 3 rings (SSSR count). The molecule has 0 saturated heterocycles. The number of carbonyl (C=O) groups is 2. The van der Waals surface area contributed by atoms with E-state index in [1.54, 1.807) is 0 Å². The first-order chi connectivity index (χ1) is 14.3. The quantitative estimate of drug-likeness (QED) is 0.616. The van der Waals surface area contributed by atoms with Gasteiger partial charge < -0.3 is 5.32 Å². The highest BCUT2D eigenvalue weighted by molar-refractivity contribution is 7.89. The minimum absolute atomic E-state index is 0.00473. The van der Waals surface area contributed by atoms with E-state index < -0.39 is 15.8 Å². The monoisotopic (exact) mass is 432 g/mol. The molecular formula is C22H25FN2O4S. The highest BCUT2D eigenvalue weighted by Gasteiger charge is 2.21. The van der Waals surface area contributed by atoms with Crippen LogP contribution in [0.3, 0.4) is 0 Å². The van der Waals surface area contributed by atoms with Crippen molar-refractivity contribution in [1.82, 2.24) is 4.72 Å². The Morgan fingerprint density at radius 2 is 1.53 bits per heavy atom. The van der Waals surface area contributed by atoms with E-state index in [4.69, 9.17) is 0 Å². The predicted molar refractivity (Wildman–Crippen MR) is 112 cm³/mol. The van der Waals surface area contributed by atoms with Crippen LogP contribution in [0.15, 0.2) is 53.4 Å². The van der Waals surface area contributed by atoms with E-state index in [0.717, 1.165) is 32.1 Å². The van der Waals surface area contributed by atoms with Gasteiger partial charge in [0.1, 0.15) is 5.82 Å². The van der Waals surface area contributed by atoms with Gasteiger partial charge in [-0.05, 0) is 61.4 Å². The second-order valence-corrected chi connectivity index (χ2v) is 9.17. The maximum Gasteiger partial charge on any atom is 0.240 e. The number of hydrogen-bond acceptors (Lipinski definition) is 4. The van der Waals surface area contributed by atoms with Crippen LogP contribution in [0, 0.1) is 5.82 Å². The first-order valence-corrected chi connectivity index (χ1v) is 11.5. The zero-order valence-electron chi connectivity index (χ0n) is 16.6. The van der Waals surface area contributed by atoms with E-state index >= 15 is 0 Å².